The molecule has 2 aliphatic carbocycles. The van der Waals surface area contributed by atoms with E-state index < -0.39 is 11.6 Å². The van der Waals surface area contributed by atoms with Gasteiger partial charge < -0.3 is 15.2 Å². The third-order valence-corrected chi connectivity index (χ3v) is 3.11. The van der Waals surface area contributed by atoms with Crippen molar-refractivity contribution < 1.29 is 14.3 Å². The number of pyridine rings is 1. The molecular formula is C18H22N2O3. The maximum atomic E-state index is 11.7. The highest BCUT2D eigenvalue weighted by molar-refractivity contribution is 5.90. The summed E-state index contributed by atoms with van der Waals surface area (Å²) in [5, 5.41) is 0. The van der Waals surface area contributed by atoms with Gasteiger partial charge in [-0.05, 0) is 44.4 Å². The molecule has 1 heterocycles. The zero-order valence-electron chi connectivity index (χ0n) is 13.9. The summed E-state index contributed by atoms with van der Waals surface area (Å²) in [7, 11) is 1.46. The molecule has 0 fully saturated rings. The van der Waals surface area contributed by atoms with Crippen LogP contribution in [-0.2, 0) is 11.2 Å². The van der Waals surface area contributed by atoms with Gasteiger partial charge in [-0.25, -0.2) is 9.78 Å². The zero-order valence-corrected chi connectivity index (χ0v) is 13.9. The van der Waals surface area contributed by atoms with Crippen LogP contribution in [0.4, 0.5) is 5.69 Å². The number of rotatable bonds is 2. The maximum absolute atomic E-state index is 11.7. The monoisotopic (exact) mass is 314 g/mol. The summed E-state index contributed by atoms with van der Waals surface area (Å²) in [6.07, 6.45) is 2.60. The average molecular weight is 314 g/mol. The molecule has 2 aliphatic rings. The van der Waals surface area contributed by atoms with Crippen LogP contribution in [0.25, 0.3) is 0 Å². The van der Waals surface area contributed by atoms with Gasteiger partial charge in [0.05, 0.1) is 18.4 Å². The molecule has 0 saturated carbocycles. The molecule has 0 saturated heterocycles. The van der Waals surface area contributed by atoms with Gasteiger partial charge in [0, 0.05) is 6.20 Å². The van der Waals surface area contributed by atoms with Gasteiger partial charge >= 0.3 is 5.97 Å². The number of benzene rings is 1. The fourth-order valence-corrected chi connectivity index (χ4v) is 2.04. The van der Waals surface area contributed by atoms with Crippen LogP contribution in [0.2, 0.25) is 0 Å². The van der Waals surface area contributed by atoms with Gasteiger partial charge in [0.2, 0.25) is 5.88 Å². The number of nitrogens with two attached hydrogens (primary N) is 1. The van der Waals surface area contributed by atoms with Crippen LogP contribution in [0.1, 0.15) is 42.3 Å². The molecule has 1 aromatic heterocycles. The summed E-state index contributed by atoms with van der Waals surface area (Å²) in [6.45, 7) is 5.39. The second-order valence-electron chi connectivity index (χ2n) is 6.32. The van der Waals surface area contributed by atoms with Crippen LogP contribution in [0.5, 0.6) is 5.88 Å². The molecule has 23 heavy (non-hydrogen) atoms. The van der Waals surface area contributed by atoms with Crippen LogP contribution in [0.15, 0.2) is 36.5 Å². The fraction of sp³-hybridized carbons (Fsp3) is 0.333. The SMILES string of the molecule is COc1ncc(C(=O)OC(C)(C)C)cc1N.c1cc2cc(c1)C2. The summed E-state index contributed by atoms with van der Waals surface area (Å²) < 4.78 is 10.1. The van der Waals surface area contributed by atoms with E-state index in [1.165, 1.54) is 36.9 Å². The predicted molar refractivity (Wildman–Crippen MR) is 89.6 cm³/mol. The predicted octanol–water partition coefficient (Wildman–Crippen LogP) is 3.22. The van der Waals surface area contributed by atoms with Gasteiger partial charge in [-0.15, -0.1) is 0 Å². The van der Waals surface area contributed by atoms with Crippen LogP contribution >= 0.6 is 0 Å². The first-order valence-corrected chi connectivity index (χ1v) is 7.39. The van der Waals surface area contributed by atoms with E-state index in [1.807, 2.05) is 0 Å². The number of anilines is 1. The lowest BCUT2D eigenvalue weighted by atomic mass is 9.94. The number of carbonyl (C=O) groups excluding carboxylic acids is 1. The molecule has 2 aromatic rings. The third kappa shape index (κ3) is 4.71. The zero-order chi connectivity index (χ0) is 17.0. The van der Waals surface area contributed by atoms with Crippen LogP contribution < -0.4 is 10.5 Å². The Labute approximate surface area is 136 Å². The molecule has 5 heteroatoms. The summed E-state index contributed by atoms with van der Waals surface area (Å²) in [5.74, 6) is -0.151. The molecule has 5 nitrogen and oxygen atoms in total. The first-order valence-electron chi connectivity index (χ1n) is 7.39. The summed E-state index contributed by atoms with van der Waals surface area (Å²) in [5.41, 5.74) is 8.69. The summed E-state index contributed by atoms with van der Waals surface area (Å²) >= 11 is 0. The molecule has 122 valence electrons. The Morgan fingerprint density at radius 2 is 1.83 bits per heavy atom. The van der Waals surface area contributed by atoms with E-state index in [0.29, 0.717) is 17.1 Å². The van der Waals surface area contributed by atoms with Crippen molar-refractivity contribution in [1.29, 1.82) is 0 Å². The smallest absolute Gasteiger partial charge is 0.340 e. The highest BCUT2D eigenvalue weighted by Gasteiger charge is 2.19. The van der Waals surface area contributed by atoms with E-state index in [2.05, 4.69) is 29.2 Å². The highest BCUT2D eigenvalue weighted by Crippen LogP contribution is 2.20. The first-order chi connectivity index (χ1) is 10.8. The lowest BCUT2D eigenvalue weighted by Gasteiger charge is -2.19. The molecule has 1 aromatic carbocycles. The molecule has 2 N–H and O–H groups in total. The Morgan fingerprint density at radius 1 is 1.22 bits per heavy atom. The molecule has 0 spiro atoms. The second-order valence-corrected chi connectivity index (χ2v) is 6.32. The Morgan fingerprint density at radius 3 is 2.17 bits per heavy atom. The number of nitrogen functional groups attached to an aromatic ring is 1. The molecular weight excluding hydrogens is 292 g/mol. The number of esters is 1. The van der Waals surface area contributed by atoms with Crippen molar-refractivity contribution in [3.63, 3.8) is 0 Å². The van der Waals surface area contributed by atoms with Crippen molar-refractivity contribution in [1.82, 2.24) is 4.98 Å². The van der Waals surface area contributed by atoms with Crippen LogP contribution in [0, 0.1) is 0 Å². The van der Waals surface area contributed by atoms with Gasteiger partial charge in [0.25, 0.3) is 0 Å². The van der Waals surface area contributed by atoms with Gasteiger partial charge in [0.15, 0.2) is 0 Å². The Balaban J connectivity index is 0.000000223. The highest BCUT2D eigenvalue weighted by atomic mass is 16.6. The molecule has 0 atom stereocenters. The first kappa shape index (κ1) is 16.8. The average Bonchev–Trinajstić information content (AvgIpc) is 2.46. The van der Waals surface area contributed by atoms with Crippen molar-refractivity contribution in [2.24, 2.45) is 0 Å². The molecule has 4 rings (SSSR count). The molecule has 2 bridgehead atoms. The van der Waals surface area contributed by atoms with Crippen molar-refractivity contribution in [2.45, 2.75) is 32.8 Å². The van der Waals surface area contributed by atoms with E-state index in [-0.39, 0.29) is 0 Å². The van der Waals surface area contributed by atoms with Crippen molar-refractivity contribution >= 4 is 11.7 Å². The van der Waals surface area contributed by atoms with E-state index >= 15 is 0 Å². The number of hydrogen-bond acceptors (Lipinski definition) is 5. The number of methoxy groups -OCH3 is 1. The largest absolute Gasteiger partial charge is 0.480 e. The van der Waals surface area contributed by atoms with Crippen LogP contribution in [-0.4, -0.2) is 23.7 Å². The Bertz CT molecular complexity index is 681. The van der Waals surface area contributed by atoms with Gasteiger partial charge in [-0.3, -0.25) is 0 Å². The molecule has 0 amide bonds. The minimum absolute atomic E-state index is 0.298. The standard InChI is InChI=1S/C11H16N2O3.C7H6/c1-11(2,3)16-10(14)7-5-8(12)9(15-4)13-6-7;1-2-6-4-7(3-1)5-6/h5-6H,12H2,1-4H3;1-4H,5H2. The lowest BCUT2D eigenvalue weighted by Crippen LogP contribution is -2.24. The Kier molecular flexibility index (Phi) is 4.89. The summed E-state index contributed by atoms with van der Waals surface area (Å²) in [6, 6.07) is 10.1. The van der Waals surface area contributed by atoms with Crippen LogP contribution in [0.3, 0.4) is 0 Å². The number of nitrogens with zero attached hydrogens (tertiary/aromatic N) is 1. The van der Waals surface area contributed by atoms with E-state index in [0.717, 1.165) is 0 Å². The molecule has 0 radical (unpaired) electrons. The normalized spacial score (nSPS) is 11.7. The minimum Gasteiger partial charge on any atom is -0.480 e. The number of ether oxygens (including phenoxy) is 2. The van der Waals surface area contributed by atoms with Crippen molar-refractivity contribution in [3.8, 4) is 5.88 Å². The van der Waals surface area contributed by atoms with Crippen molar-refractivity contribution in [3.05, 3.63) is 53.2 Å². The van der Waals surface area contributed by atoms with Crippen molar-refractivity contribution in [2.75, 3.05) is 12.8 Å². The second kappa shape index (κ2) is 6.69. The number of carbonyl (C=O) groups is 1. The minimum atomic E-state index is -0.536. The molecule has 0 unspecified atom stereocenters. The number of fused-ring (bicyclic) bond motifs is 2. The lowest BCUT2D eigenvalue weighted by molar-refractivity contribution is 0.00691. The number of aromatic nitrogens is 1. The fourth-order valence-electron chi connectivity index (χ4n) is 2.04. The van der Waals surface area contributed by atoms with Gasteiger partial charge in [-0.2, -0.15) is 0 Å². The molecule has 0 aliphatic heterocycles. The third-order valence-electron chi connectivity index (χ3n) is 3.11. The van der Waals surface area contributed by atoms with E-state index in [4.69, 9.17) is 15.2 Å². The number of hydrogen-bond donors (Lipinski definition) is 1. The Hall–Kier alpha value is -2.56. The van der Waals surface area contributed by atoms with E-state index in [9.17, 15) is 4.79 Å². The van der Waals surface area contributed by atoms with Gasteiger partial charge in [0.1, 0.15) is 5.60 Å². The van der Waals surface area contributed by atoms with E-state index in [1.54, 1.807) is 20.8 Å². The quantitative estimate of drug-likeness (QED) is 0.735. The van der Waals surface area contributed by atoms with Gasteiger partial charge in [-0.1, -0.05) is 24.3 Å². The summed E-state index contributed by atoms with van der Waals surface area (Å²) in [4.78, 5) is 15.6. The maximum Gasteiger partial charge on any atom is 0.340 e. The topological polar surface area (TPSA) is 74.4 Å².